The lowest BCUT2D eigenvalue weighted by Crippen LogP contribution is -2.21. The molecule has 0 spiro atoms. The molecule has 0 saturated heterocycles. The van der Waals surface area contributed by atoms with Crippen LogP contribution in [-0.4, -0.2) is 6.04 Å². The minimum absolute atomic E-state index is 0.440. The summed E-state index contributed by atoms with van der Waals surface area (Å²) in [6.45, 7) is 7.13. The van der Waals surface area contributed by atoms with Gasteiger partial charge in [0.25, 0.3) is 0 Å². The molecule has 112 valence electrons. The van der Waals surface area contributed by atoms with E-state index in [9.17, 15) is 0 Å². The maximum absolute atomic E-state index is 6.32. The first-order valence-corrected chi connectivity index (χ1v) is 9.03. The Labute approximate surface area is 142 Å². The highest BCUT2D eigenvalue weighted by atomic mass is 127. The molecule has 3 heteroatoms. The van der Waals surface area contributed by atoms with Crippen molar-refractivity contribution in [1.29, 1.82) is 0 Å². The first kappa shape index (κ1) is 16.4. The SMILES string of the molecule is CC(C)(C)C1CCCC(Nc2ccc(I)cc2Cl)CC1. The molecule has 1 nitrogen and oxygen atoms in total. The summed E-state index contributed by atoms with van der Waals surface area (Å²) in [6, 6.07) is 6.82. The van der Waals surface area contributed by atoms with E-state index in [-0.39, 0.29) is 0 Å². The van der Waals surface area contributed by atoms with E-state index in [1.165, 1.54) is 35.7 Å². The minimum atomic E-state index is 0.440. The van der Waals surface area contributed by atoms with Gasteiger partial charge in [0.1, 0.15) is 0 Å². The summed E-state index contributed by atoms with van der Waals surface area (Å²) in [7, 11) is 0. The number of halogens is 2. The molecule has 1 aromatic rings. The Kier molecular flexibility index (Phi) is 5.63. The van der Waals surface area contributed by atoms with Gasteiger partial charge in [0.15, 0.2) is 0 Å². The van der Waals surface area contributed by atoms with Crippen LogP contribution in [0, 0.1) is 14.9 Å². The lowest BCUT2D eigenvalue weighted by atomic mass is 9.76. The summed E-state index contributed by atoms with van der Waals surface area (Å²) < 4.78 is 1.19. The molecule has 0 heterocycles. The Balaban J connectivity index is 1.97. The lowest BCUT2D eigenvalue weighted by molar-refractivity contribution is 0.214. The molecular formula is C17H25ClIN. The molecule has 1 aliphatic carbocycles. The summed E-state index contributed by atoms with van der Waals surface area (Å²) in [6.07, 6.45) is 6.52. The maximum Gasteiger partial charge on any atom is 0.0648 e. The maximum atomic E-state index is 6.32. The van der Waals surface area contributed by atoms with Gasteiger partial charge in [-0.15, -0.1) is 0 Å². The van der Waals surface area contributed by atoms with E-state index in [0.29, 0.717) is 11.5 Å². The van der Waals surface area contributed by atoms with Crippen molar-refractivity contribution in [3.63, 3.8) is 0 Å². The number of anilines is 1. The Bertz CT molecular complexity index is 453. The summed E-state index contributed by atoms with van der Waals surface area (Å²) in [4.78, 5) is 0. The molecule has 1 aromatic carbocycles. The fraction of sp³-hybridized carbons (Fsp3) is 0.647. The van der Waals surface area contributed by atoms with E-state index in [4.69, 9.17) is 11.6 Å². The van der Waals surface area contributed by atoms with Gasteiger partial charge in [-0.05, 0) is 77.8 Å². The lowest BCUT2D eigenvalue weighted by Gasteiger charge is -2.29. The van der Waals surface area contributed by atoms with Crippen LogP contribution in [0.5, 0.6) is 0 Å². The molecule has 0 amide bonds. The van der Waals surface area contributed by atoms with Crippen molar-refractivity contribution >= 4 is 39.9 Å². The van der Waals surface area contributed by atoms with Crippen LogP contribution >= 0.6 is 34.2 Å². The number of hydrogen-bond donors (Lipinski definition) is 1. The average molecular weight is 406 g/mol. The second-order valence-corrected chi connectivity index (χ2v) is 8.69. The second kappa shape index (κ2) is 6.87. The molecule has 2 unspecified atom stereocenters. The summed E-state index contributed by atoms with van der Waals surface area (Å²) in [5.41, 5.74) is 1.53. The van der Waals surface area contributed by atoms with Crippen molar-refractivity contribution in [3.8, 4) is 0 Å². The molecule has 1 N–H and O–H groups in total. The van der Waals surface area contributed by atoms with Crippen LogP contribution in [0.3, 0.4) is 0 Å². The summed E-state index contributed by atoms with van der Waals surface area (Å²) >= 11 is 8.62. The van der Waals surface area contributed by atoms with Crippen LogP contribution < -0.4 is 5.32 Å². The first-order valence-electron chi connectivity index (χ1n) is 7.58. The molecular weight excluding hydrogens is 381 g/mol. The number of benzene rings is 1. The van der Waals surface area contributed by atoms with Crippen molar-refractivity contribution in [3.05, 3.63) is 26.8 Å². The van der Waals surface area contributed by atoms with Gasteiger partial charge in [-0.3, -0.25) is 0 Å². The Morgan fingerprint density at radius 3 is 2.55 bits per heavy atom. The monoisotopic (exact) mass is 405 g/mol. The molecule has 1 saturated carbocycles. The zero-order valence-electron chi connectivity index (χ0n) is 12.7. The predicted octanol–water partition coefficient (Wildman–Crippen LogP) is 6.35. The smallest absolute Gasteiger partial charge is 0.0648 e. The largest absolute Gasteiger partial charge is 0.381 e. The van der Waals surface area contributed by atoms with Crippen LogP contribution in [0.2, 0.25) is 5.02 Å². The van der Waals surface area contributed by atoms with Crippen molar-refractivity contribution in [1.82, 2.24) is 0 Å². The molecule has 20 heavy (non-hydrogen) atoms. The fourth-order valence-electron chi connectivity index (χ4n) is 3.14. The highest BCUT2D eigenvalue weighted by Gasteiger charge is 2.27. The molecule has 1 fully saturated rings. The third-order valence-electron chi connectivity index (χ3n) is 4.48. The Morgan fingerprint density at radius 2 is 1.90 bits per heavy atom. The van der Waals surface area contributed by atoms with Gasteiger partial charge in [0.2, 0.25) is 0 Å². The fourth-order valence-corrected chi connectivity index (χ4v) is 4.05. The van der Waals surface area contributed by atoms with E-state index in [1.54, 1.807) is 0 Å². The van der Waals surface area contributed by atoms with Crippen molar-refractivity contribution in [2.75, 3.05) is 5.32 Å². The van der Waals surface area contributed by atoms with Gasteiger partial charge in [0.05, 0.1) is 10.7 Å². The normalized spacial score (nSPS) is 24.2. The van der Waals surface area contributed by atoms with Crippen LogP contribution in [0.15, 0.2) is 18.2 Å². The number of rotatable bonds is 2. The van der Waals surface area contributed by atoms with Gasteiger partial charge in [-0.1, -0.05) is 38.8 Å². The molecule has 2 rings (SSSR count). The third kappa shape index (κ3) is 4.52. The van der Waals surface area contributed by atoms with Crippen molar-refractivity contribution < 1.29 is 0 Å². The van der Waals surface area contributed by atoms with Gasteiger partial charge in [-0.2, -0.15) is 0 Å². The molecule has 0 radical (unpaired) electrons. The topological polar surface area (TPSA) is 12.0 Å². The zero-order chi connectivity index (χ0) is 14.8. The van der Waals surface area contributed by atoms with Crippen molar-refractivity contribution in [2.24, 2.45) is 11.3 Å². The van der Waals surface area contributed by atoms with Crippen molar-refractivity contribution in [2.45, 2.75) is 58.9 Å². The number of hydrogen-bond acceptors (Lipinski definition) is 1. The molecule has 0 aliphatic heterocycles. The van der Waals surface area contributed by atoms with Gasteiger partial charge < -0.3 is 5.32 Å². The number of nitrogens with one attached hydrogen (secondary N) is 1. The standard InChI is InChI=1S/C17H25ClIN/c1-17(2,3)12-5-4-6-14(9-7-12)20-16-10-8-13(19)11-15(16)18/h8,10-12,14,20H,4-7,9H2,1-3H3. The van der Waals surface area contributed by atoms with Crippen LogP contribution in [0.1, 0.15) is 52.9 Å². The van der Waals surface area contributed by atoms with E-state index >= 15 is 0 Å². The summed E-state index contributed by atoms with van der Waals surface area (Å²) in [5, 5.41) is 4.49. The molecule has 1 aliphatic rings. The third-order valence-corrected chi connectivity index (χ3v) is 5.47. The van der Waals surface area contributed by atoms with Crippen LogP contribution in [-0.2, 0) is 0 Å². The Morgan fingerprint density at radius 1 is 1.15 bits per heavy atom. The highest BCUT2D eigenvalue weighted by Crippen LogP contribution is 2.37. The van der Waals surface area contributed by atoms with E-state index < -0.39 is 0 Å². The van der Waals surface area contributed by atoms with Gasteiger partial charge in [-0.25, -0.2) is 0 Å². The van der Waals surface area contributed by atoms with Gasteiger partial charge >= 0.3 is 0 Å². The molecule has 2 atom stereocenters. The zero-order valence-corrected chi connectivity index (χ0v) is 15.6. The average Bonchev–Trinajstić information content (AvgIpc) is 2.58. The second-order valence-electron chi connectivity index (χ2n) is 7.04. The molecule has 0 bridgehead atoms. The van der Waals surface area contributed by atoms with E-state index in [2.05, 4.69) is 60.8 Å². The predicted molar refractivity (Wildman–Crippen MR) is 97.6 cm³/mol. The minimum Gasteiger partial charge on any atom is -0.381 e. The van der Waals surface area contributed by atoms with E-state index in [0.717, 1.165) is 16.6 Å². The Hall–Kier alpha value is 0.0400. The van der Waals surface area contributed by atoms with Crippen LogP contribution in [0.4, 0.5) is 5.69 Å². The van der Waals surface area contributed by atoms with Crippen LogP contribution in [0.25, 0.3) is 0 Å². The van der Waals surface area contributed by atoms with Gasteiger partial charge in [0, 0.05) is 9.61 Å². The first-order chi connectivity index (χ1) is 9.36. The molecule has 0 aromatic heterocycles. The summed E-state index contributed by atoms with van der Waals surface area (Å²) in [5.74, 6) is 0.849. The quantitative estimate of drug-likeness (QED) is 0.446. The van der Waals surface area contributed by atoms with E-state index in [1.807, 2.05) is 6.07 Å². The highest BCUT2D eigenvalue weighted by molar-refractivity contribution is 14.1.